The first-order valence-corrected chi connectivity index (χ1v) is 8.72. The molecule has 20 heavy (non-hydrogen) atoms. The molecule has 0 aliphatic carbocycles. The van der Waals surface area contributed by atoms with Crippen LogP contribution in [0.15, 0.2) is 29.0 Å². The number of thioether (sulfide) groups is 1. The van der Waals surface area contributed by atoms with Crippen molar-refractivity contribution in [1.82, 2.24) is 14.9 Å². The molecule has 0 spiro atoms. The highest BCUT2D eigenvalue weighted by molar-refractivity contribution is 9.10. The average Bonchev–Trinajstić information content (AvgIpc) is 2.48. The van der Waals surface area contributed by atoms with Crippen molar-refractivity contribution in [3.8, 4) is 0 Å². The Kier molecular flexibility index (Phi) is 4.75. The third-order valence-corrected chi connectivity index (χ3v) is 4.77. The van der Waals surface area contributed by atoms with Crippen LogP contribution in [0.2, 0.25) is 0 Å². The van der Waals surface area contributed by atoms with Crippen LogP contribution in [0.25, 0.3) is 11.0 Å². The molecule has 0 aromatic carbocycles. The fourth-order valence-corrected chi connectivity index (χ4v) is 3.62. The monoisotopic (exact) mass is 352 g/mol. The largest absolute Gasteiger partial charge is 0.382 e. The molecule has 0 unspecified atom stereocenters. The number of anilines is 1. The Bertz CT molecular complexity index is 586. The van der Waals surface area contributed by atoms with E-state index in [1.807, 2.05) is 36.3 Å². The van der Waals surface area contributed by atoms with E-state index >= 15 is 0 Å². The second-order valence-electron chi connectivity index (χ2n) is 4.76. The average molecular weight is 353 g/mol. The summed E-state index contributed by atoms with van der Waals surface area (Å²) in [7, 11) is 0. The number of nitrogens with one attached hydrogen (secondary N) is 1. The topological polar surface area (TPSA) is 41.1 Å². The molecule has 2 aromatic rings. The van der Waals surface area contributed by atoms with Crippen LogP contribution in [0.5, 0.6) is 0 Å². The van der Waals surface area contributed by atoms with Gasteiger partial charge in [0.25, 0.3) is 0 Å². The van der Waals surface area contributed by atoms with Gasteiger partial charge in [-0.05, 0) is 28.1 Å². The standard InChI is InChI=1S/C14H17BrN4S/c15-11-9-13-14(18-10-11)12(1-2-16-13)17-3-4-19-5-7-20-8-6-19/h1-2,9-10H,3-8H2,(H,16,17). The van der Waals surface area contributed by atoms with Crippen LogP contribution in [0.1, 0.15) is 0 Å². The Balaban J connectivity index is 1.65. The van der Waals surface area contributed by atoms with Gasteiger partial charge in [0.2, 0.25) is 0 Å². The second-order valence-corrected chi connectivity index (χ2v) is 6.90. The number of rotatable bonds is 4. The third kappa shape index (κ3) is 3.42. The fraction of sp³-hybridized carbons (Fsp3) is 0.429. The fourth-order valence-electron chi connectivity index (χ4n) is 2.32. The molecule has 6 heteroatoms. The highest BCUT2D eigenvalue weighted by Crippen LogP contribution is 2.21. The molecule has 0 radical (unpaired) electrons. The van der Waals surface area contributed by atoms with E-state index in [0.717, 1.165) is 34.3 Å². The summed E-state index contributed by atoms with van der Waals surface area (Å²) in [4.78, 5) is 11.3. The van der Waals surface area contributed by atoms with Crippen LogP contribution in [0.3, 0.4) is 0 Å². The summed E-state index contributed by atoms with van der Waals surface area (Å²) in [6, 6.07) is 3.99. The Labute approximate surface area is 131 Å². The lowest BCUT2D eigenvalue weighted by Gasteiger charge is -2.26. The molecule has 1 saturated heterocycles. The van der Waals surface area contributed by atoms with E-state index in [-0.39, 0.29) is 0 Å². The van der Waals surface area contributed by atoms with Crippen LogP contribution in [0.4, 0.5) is 5.69 Å². The van der Waals surface area contributed by atoms with Gasteiger partial charge in [0.15, 0.2) is 0 Å². The molecule has 2 aromatic heterocycles. The number of pyridine rings is 2. The number of nitrogens with zero attached hydrogens (tertiary/aromatic N) is 3. The summed E-state index contributed by atoms with van der Waals surface area (Å²) < 4.78 is 0.959. The van der Waals surface area contributed by atoms with Gasteiger partial charge in [0.05, 0.1) is 11.2 Å². The molecule has 1 N–H and O–H groups in total. The first kappa shape index (κ1) is 14.1. The highest BCUT2D eigenvalue weighted by Gasteiger charge is 2.10. The first-order valence-electron chi connectivity index (χ1n) is 6.77. The molecule has 4 nitrogen and oxygen atoms in total. The molecule has 106 valence electrons. The van der Waals surface area contributed by atoms with Gasteiger partial charge in [-0.15, -0.1) is 0 Å². The van der Waals surface area contributed by atoms with Gasteiger partial charge in [-0.25, -0.2) is 0 Å². The zero-order valence-corrected chi connectivity index (χ0v) is 13.6. The lowest BCUT2D eigenvalue weighted by atomic mass is 10.3. The number of aromatic nitrogens is 2. The number of hydrogen-bond donors (Lipinski definition) is 1. The van der Waals surface area contributed by atoms with E-state index in [0.29, 0.717) is 0 Å². The molecular weight excluding hydrogens is 336 g/mol. The normalized spacial score (nSPS) is 16.4. The molecule has 0 bridgehead atoms. The van der Waals surface area contributed by atoms with Crippen molar-refractivity contribution in [3.63, 3.8) is 0 Å². The van der Waals surface area contributed by atoms with Crippen LogP contribution in [-0.2, 0) is 0 Å². The van der Waals surface area contributed by atoms with E-state index in [4.69, 9.17) is 0 Å². The van der Waals surface area contributed by atoms with Gasteiger partial charge < -0.3 is 5.32 Å². The van der Waals surface area contributed by atoms with E-state index in [1.165, 1.54) is 24.6 Å². The maximum absolute atomic E-state index is 4.46. The maximum Gasteiger partial charge on any atom is 0.112 e. The lowest BCUT2D eigenvalue weighted by Crippen LogP contribution is -2.36. The SMILES string of the molecule is Brc1cnc2c(NCCN3CCSCC3)ccnc2c1. The predicted molar refractivity (Wildman–Crippen MR) is 89.5 cm³/mol. The molecule has 1 fully saturated rings. The van der Waals surface area contributed by atoms with Crippen molar-refractivity contribution in [2.24, 2.45) is 0 Å². The minimum Gasteiger partial charge on any atom is -0.382 e. The number of halogens is 1. The molecule has 3 heterocycles. The van der Waals surface area contributed by atoms with E-state index < -0.39 is 0 Å². The first-order chi connectivity index (χ1) is 9.83. The van der Waals surface area contributed by atoms with Crippen molar-refractivity contribution < 1.29 is 0 Å². The maximum atomic E-state index is 4.46. The number of fused-ring (bicyclic) bond motifs is 1. The van der Waals surface area contributed by atoms with Crippen molar-refractivity contribution in [3.05, 3.63) is 29.0 Å². The summed E-state index contributed by atoms with van der Waals surface area (Å²) in [5.74, 6) is 2.52. The number of hydrogen-bond acceptors (Lipinski definition) is 5. The van der Waals surface area contributed by atoms with E-state index in [1.54, 1.807) is 0 Å². The van der Waals surface area contributed by atoms with Crippen molar-refractivity contribution in [1.29, 1.82) is 0 Å². The molecule has 1 aliphatic heterocycles. The van der Waals surface area contributed by atoms with Gasteiger partial charge in [-0.2, -0.15) is 11.8 Å². The third-order valence-electron chi connectivity index (χ3n) is 3.39. The Morgan fingerprint density at radius 1 is 1.30 bits per heavy atom. The summed E-state index contributed by atoms with van der Waals surface area (Å²) in [5, 5.41) is 3.49. The van der Waals surface area contributed by atoms with E-state index in [2.05, 4.69) is 36.1 Å². The summed E-state index contributed by atoms with van der Waals surface area (Å²) >= 11 is 5.48. The van der Waals surface area contributed by atoms with Gasteiger partial charge >= 0.3 is 0 Å². The summed E-state index contributed by atoms with van der Waals surface area (Å²) in [6.07, 6.45) is 3.65. The van der Waals surface area contributed by atoms with Gasteiger partial charge in [-0.3, -0.25) is 14.9 Å². The zero-order valence-electron chi connectivity index (χ0n) is 11.2. The van der Waals surface area contributed by atoms with Crippen molar-refractivity contribution in [2.45, 2.75) is 0 Å². The smallest absolute Gasteiger partial charge is 0.112 e. The summed E-state index contributed by atoms with van der Waals surface area (Å²) in [5.41, 5.74) is 2.91. The highest BCUT2D eigenvalue weighted by atomic mass is 79.9. The summed E-state index contributed by atoms with van der Waals surface area (Å²) in [6.45, 7) is 4.44. The molecular formula is C14H17BrN4S. The van der Waals surface area contributed by atoms with Gasteiger partial charge in [0, 0.05) is 54.6 Å². The van der Waals surface area contributed by atoms with Crippen LogP contribution < -0.4 is 5.32 Å². The quantitative estimate of drug-likeness (QED) is 0.916. The van der Waals surface area contributed by atoms with Gasteiger partial charge in [0.1, 0.15) is 5.52 Å². The Morgan fingerprint density at radius 3 is 3.00 bits per heavy atom. The zero-order chi connectivity index (χ0) is 13.8. The van der Waals surface area contributed by atoms with Crippen LogP contribution in [-0.4, -0.2) is 52.6 Å². The Morgan fingerprint density at radius 2 is 2.15 bits per heavy atom. The molecule has 0 atom stereocenters. The van der Waals surface area contributed by atoms with Crippen molar-refractivity contribution >= 4 is 44.4 Å². The Hall–Kier alpha value is -0.850. The minimum atomic E-state index is 0.916. The van der Waals surface area contributed by atoms with Gasteiger partial charge in [-0.1, -0.05) is 0 Å². The minimum absolute atomic E-state index is 0.916. The molecule has 0 saturated carbocycles. The van der Waals surface area contributed by atoms with E-state index in [9.17, 15) is 0 Å². The molecule has 3 rings (SSSR count). The van der Waals surface area contributed by atoms with Crippen LogP contribution in [0, 0.1) is 0 Å². The predicted octanol–water partition coefficient (Wildman–Crippen LogP) is 2.85. The molecule has 0 amide bonds. The lowest BCUT2D eigenvalue weighted by molar-refractivity contribution is 0.314. The van der Waals surface area contributed by atoms with Crippen LogP contribution >= 0.6 is 27.7 Å². The second kappa shape index (κ2) is 6.74. The molecule has 1 aliphatic rings. The van der Waals surface area contributed by atoms with Crippen molar-refractivity contribution in [2.75, 3.05) is 43.0 Å².